The second-order valence-corrected chi connectivity index (χ2v) is 6.79. The standard InChI is InChI=1S/C17H35N5O/c1-4-18-17(22-10-6-16(14-22)15-23-3)19-7-11-21-9-5-8-20(2)12-13-21/h16H,4-15H2,1-3H3,(H,18,19). The Bertz CT molecular complexity index is 363. The first kappa shape index (κ1) is 18.5. The van der Waals surface area contributed by atoms with Crippen molar-refractivity contribution in [2.45, 2.75) is 19.8 Å². The van der Waals surface area contributed by atoms with Crippen molar-refractivity contribution >= 4 is 5.96 Å². The molecule has 0 aromatic carbocycles. The summed E-state index contributed by atoms with van der Waals surface area (Å²) in [5, 5.41) is 3.45. The van der Waals surface area contributed by atoms with E-state index in [1.807, 2.05) is 0 Å². The molecule has 2 rings (SSSR count). The van der Waals surface area contributed by atoms with E-state index in [1.54, 1.807) is 7.11 Å². The number of nitrogens with one attached hydrogen (secondary N) is 1. The van der Waals surface area contributed by atoms with Crippen molar-refractivity contribution in [3.05, 3.63) is 0 Å². The second kappa shape index (κ2) is 10.1. The minimum absolute atomic E-state index is 0.644. The average Bonchev–Trinajstić information content (AvgIpc) is 2.90. The molecule has 0 bridgehead atoms. The molecule has 0 aromatic rings. The monoisotopic (exact) mass is 325 g/mol. The molecule has 23 heavy (non-hydrogen) atoms. The Kier molecular flexibility index (Phi) is 8.12. The van der Waals surface area contributed by atoms with Crippen LogP contribution in [-0.2, 0) is 4.74 Å². The summed E-state index contributed by atoms with van der Waals surface area (Å²) in [5.41, 5.74) is 0. The van der Waals surface area contributed by atoms with Crippen LogP contribution in [0.3, 0.4) is 0 Å². The van der Waals surface area contributed by atoms with E-state index >= 15 is 0 Å². The van der Waals surface area contributed by atoms with E-state index in [0.29, 0.717) is 5.92 Å². The fourth-order valence-electron chi connectivity index (χ4n) is 3.44. The largest absolute Gasteiger partial charge is 0.384 e. The van der Waals surface area contributed by atoms with Crippen LogP contribution in [0.25, 0.3) is 0 Å². The van der Waals surface area contributed by atoms with E-state index in [-0.39, 0.29) is 0 Å². The van der Waals surface area contributed by atoms with Gasteiger partial charge in [-0.3, -0.25) is 4.99 Å². The lowest BCUT2D eigenvalue weighted by Gasteiger charge is -2.23. The fourth-order valence-corrected chi connectivity index (χ4v) is 3.44. The van der Waals surface area contributed by atoms with E-state index in [4.69, 9.17) is 9.73 Å². The van der Waals surface area contributed by atoms with Crippen molar-refractivity contribution in [2.75, 3.05) is 79.7 Å². The molecule has 0 amide bonds. The number of likely N-dealkylation sites (N-methyl/N-ethyl adjacent to an activating group) is 1. The molecule has 0 saturated carbocycles. The summed E-state index contributed by atoms with van der Waals surface area (Å²) in [6.45, 7) is 12.8. The number of guanidine groups is 1. The highest BCUT2D eigenvalue weighted by molar-refractivity contribution is 5.80. The van der Waals surface area contributed by atoms with Crippen molar-refractivity contribution < 1.29 is 4.74 Å². The summed E-state index contributed by atoms with van der Waals surface area (Å²) < 4.78 is 5.30. The molecule has 0 aliphatic carbocycles. The Morgan fingerprint density at radius 3 is 2.87 bits per heavy atom. The van der Waals surface area contributed by atoms with Gasteiger partial charge < -0.3 is 24.8 Å². The van der Waals surface area contributed by atoms with Crippen molar-refractivity contribution in [2.24, 2.45) is 10.9 Å². The van der Waals surface area contributed by atoms with Crippen LogP contribution >= 0.6 is 0 Å². The molecule has 0 aromatic heterocycles. The quantitative estimate of drug-likeness (QED) is 0.571. The lowest BCUT2D eigenvalue weighted by atomic mass is 10.1. The van der Waals surface area contributed by atoms with Crippen molar-refractivity contribution in [1.29, 1.82) is 0 Å². The summed E-state index contributed by atoms with van der Waals surface area (Å²) in [4.78, 5) is 12.2. The predicted octanol–water partition coefficient (Wildman–Crippen LogP) is 0.558. The second-order valence-electron chi connectivity index (χ2n) is 6.79. The normalized spacial score (nSPS) is 24.9. The van der Waals surface area contributed by atoms with Crippen LogP contribution in [0.2, 0.25) is 0 Å². The smallest absolute Gasteiger partial charge is 0.193 e. The van der Waals surface area contributed by atoms with Gasteiger partial charge in [-0.05, 0) is 39.9 Å². The van der Waals surface area contributed by atoms with Gasteiger partial charge in [0.25, 0.3) is 0 Å². The van der Waals surface area contributed by atoms with E-state index in [9.17, 15) is 0 Å². The third kappa shape index (κ3) is 6.28. The number of nitrogens with zero attached hydrogens (tertiary/aromatic N) is 4. The van der Waals surface area contributed by atoms with Gasteiger partial charge in [-0.1, -0.05) is 0 Å². The van der Waals surface area contributed by atoms with Crippen molar-refractivity contribution in [3.8, 4) is 0 Å². The maximum Gasteiger partial charge on any atom is 0.193 e. The molecular weight excluding hydrogens is 290 g/mol. The van der Waals surface area contributed by atoms with Crippen LogP contribution in [0.4, 0.5) is 0 Å². The average molecular weight is 326 g/mol. The van der Waals surface area contributed by atoms with Crippen LogP contribution in [0.1, 0.15) is 19.8 Å². The zero-order valence-electron chi connectivity index (χ0n) is 15.3. The van der Waals surface area contributed by atoms with E-state index in [0.717, 1.165) is 45.3 Å². The molecule has 1 unspecified atom stereocenters. The Labute approximate surface area is 141 Å². The van der Waals surface area contributed by atoms with Gasteiger partial charge in [0.2, 0.25) is 0 Å². The van der Waals surface area contributed by atoms with Crippen molar-refractivity contribution in [3.63, 3.8) is 0 Å². The molecule has 2 saturated heterocycles. The Morgan fingerprint density at radius 1 is 1.22 bits per heavy atom. The van der Waals surface area contributed by atoms with Crippen LogP contribution in [0, 0.1) is 5.92 Å². The summed E-state index contributed by atoms with van der Waals surface area (Å²) in [7, 11) is 4.01. The minimum Gasteiger partial charge on any atom is -0.384 e. The summed E-state index contributed by atoms with van der Waals surface area (Å²) in [6, 6.07) is 0. The third-order valence-corrected chi connectivity index (χ3v) is 4.81. The molecule has 2 heterocycles. The number of hydrogen-bond acceptors (Lipinski definition) is 4. The first-order chi connectivity index (χ1) is 11.2. The first-order valence-corrected chi connectivity index (χ1v) is 9.16. The van der Waals surface area contributed by atoms with Gasteiger partial charge in [-0.25, -0.2) is 0 Å². The highest BCUT2D eigenvalue weighted by Crippen LogP contribution is 2.16. The summed E-state index contributed by atoms with van der Waals surface area (Å²) in [5.74, 6) is 1.73. The number of methoxy groups -OCH3 is 1. The highest BCUT2D eigenvalue weighted by atomic mass is 16.5. The van der Waals surface area contributed by atoms with Gasteiger partial charge >= 0.3 is 0 Å². The number of rotatable bonds is 6. The van der Waals surface area contributed by atoms with Crippen LogP contribution in [0.15, 0.2) is 4.99 Å². The molecule has 6 nitrogen and oxygen atoms in total. The van der Waals surface area contributed by atoms with Gasteiger partial charge in [-0.15, -0.1) is 0 Å². The number of hydrogen-bond donors (Lipinski definition) is 1. The van der Waals surface area contributed by atoms with Crippen LogP contribution in [-0.4, -0.2) is 100 Å². The first-order valence-electron chi connectivity index (χ1n) is 9.16. The zero-order valence-corrected chi connectivity index (χ0v) is 15.3. The van der Waals surface area contributed by atoms with E-state index in [1.165, 1.54) is 39.0 Å². The minimum atomic E-state index is 0.644. The van der Waals surface area contributed by atoms with Gasteiger partial charge in [0.05, 0.1) is 13.2 Å². The number of ether oxygens (including phenoxy) is 1. The predicted molar refractivity (Wildman–Crippen MR) is 96.1 cm³/mol. The van der Waals surface area contributed by atoms with E-state index < -0.39 is 0 Å². The molecule has 1 atom stereocenters. The number of aliphatic imine (C=N–C) groups is 1. The molecular formula is C17H35N5O. The van der Waals surface area contributed by atoms with Gasteiger partial charge in [-0.2, -0.15) is 0 Å². The Morgan fingerprint density at radius 2 is 2.09 bits per heavy atom. The van der Waals surface area contributed by atoms with Gasteiger partial charge in [0.15, 0.2) is 5.96 Å². The SMILES string of the molecule is CCNC(=NCCN1CCCN(C)CC1)N1CCC(COC)C1. The highest BCUT2D eigenvalue weighted by Gasteiger charge is 2.24. The maximum absolute atomic E-state index is 5.30. The molecule has 2 aliphatic heterocycles. The lowest BCUT2D eigenvalue weighted by molar-refractivity contribution is 0.157. The lowest BCUT2D eigenvalue weighted by Crippen LogP contribution is -2.41. The van der Waals surface area contributed by atoms with Gasteiger partial charge in [0, 0.05) is 52.3 Å². The topological polar surface area (TPSA) is 43.3 Å². The van der Waals surface area contributed by atoms with Crippen LogP contribution < -0.4 is 5.32 Å². The summed E-state index contributed by atoms with van der Waals surface area (Å²) in [6.07, 6.45) is 2.47. The van der Waals surface area contributed by atoms with Gasteiger partial charge in [0.1, 0.15) is 0 Å². The van der Waals surface area contributed by atoms with Crippen LogP contribution in [0.5, 0.6) is 0 Å². The Hall–Kier alpha value is -0.850. The molecule has 134 valence electrons. The molecule has 1 N–H and O–H groups in total. The number of likely N-dealkylation sites (tertiary alicyclic amines) is 1. The molecule has 0 spiro atoms. The maximum atomic E-state index is 5.30. The fraction of sp³-hybridized carbons (Fsp3) is 0.941. The molecule has 2 fully saturated rings. The Balaban J connectivity index is 1.79. The molecule has 2 aliphatic rings. The summed E-state index contributed by atoms with van der Waals surface area (Å²) >= 11 is 0. The molecule has 6 heteroatoms. The third-order valence-electron chi connectivity index (χ3n) is 4.81. The van der Waals surface area contributed by atoms with E-state index in [2.05, 4.69) is 34.0 Å². The molecule has 0 radical (unpaired) electrons. The van der Waals surface area contributed by atoms with Crippen molar-refractivity contribution in [1.82, 2.24) is 20.0 Å². The zero-order chi connectivity index (χ0) is 16.5.